The lowest BCUT2D eigenvalue weighted by Gasteiger charge is -2.08. The molecule has 0 bridgehead atoms. The minimum absolute atomic E-state index is 0.114. The quantitative estimate of drug-likeness (QED) is 0.797. The number of halogens is 3. The summed E-state index contributed by atoms with van der Waals surface area (Å²) in [7, 11) is 0. The van der Waals surface area contributed by atoms with Crippen molar-refractivity contribution < 1.29 is 18.0 Å². The normalized spacial score (nSPS) is 11.6. The summed E-state index contributed by atoms with van der Waals surface area (Å²) >= 11 is 0. The van der Waals surface area contributed by atoms with Crippen molar-refractivity contribution in [2.75, 3.05) is 0 Å². The lowest BCUT2D eigenvalue weighted by Crippen LogP contribution is -2.24. The van der Waals surface area contributed by atoms with Gasteiger partial charge in [0, 0.05) is 12.4 Å². The van der Waals surface area contributed by atoms with Gasteiger partial charge in [-0.25, -0.2) is 4.98 Å². The molecule has 1 amide bonds. The summed E-state index contributed by atoms with van der Waals surface area (Å²) in [6, 6.07) is 10.3. The summed E-state index contributed by atoms with van der Waals surface area (Å²) in [5, 5.41) is 2.67. The van der Waals surface area contributed by atoms with Crippen molar-refractivity contribution in [3.63, 3.8) is 0 Å². The zero-order valence-electron chi connectivity index (χ0n) is 12.5. The number of pyridine rings is 1. The van der Waals surface area contributed by atoms with Gasteiger partial charge in [0.05, 0.1) is 24.2 Å². The van der Waals surface area contributed by atoms with Crippen LogP contribution in [0.1, 0.15) is 16.8 Å². The van der Waals surface area contributed by atoms with Gasteiger partial charge in [0.2, 0.25) is 5.91 Å². The molecule has 4 nitrogen and oxygen atoms in total. The number of alkyl halides is 3. The SMILES string of the molecule is O=C(Cc1cccc(C(F)(F)F)c1)NCc1cn2ccccc2n1. The largest absolute Gasteiger partial charge is 0.416 e. The third-order valence-corrected chi connectivity index (χ3v) is 3.50. The summed E-state index contributed by atoms with van der Waals surface area (Å²) in [4.78, 5) is 16.3. The molecule has 0 radical (unpaired) electrons. The van der Waals surface area contributed by atoms with Crippen LogP contribution in [0.2, 0.25) is 0 Å². The molecule has 3 rings (SSSR count). The molecule has 124 valence electrons. The lowest BCUT2D eigenvalue weighted by atomic mass is 10.1. The molecule has 0 saturated carbocycles. The van der Waals surface area contributed by atoms with Gasteiger partial charge in [0.1, 0.15) is 5.65 Å². The molecule has 0 spiro atoms. The average Bonchev–Trinajstić information content (AvgIpc) is 2.95. The molecular weight excluding hydrogens is 319 g/mol. The molecule has 1 N–H and O–H groups in total. The van der Waals surface area contributed by atoms with Crippen molar-refractivity contribution in [1.29, 1.82) is 0 Å². The number of hydrogen-bond acceptors (Lipinski definition) is 2. The van der Waals surface area contributed by atoms with E-state index in [1.807, 2.05) is 28.8 Å². The van der Waals surface area contributed by atoms with Crippen molar-refractivity contribution in [2.24, 2.45) is 0 Å². The first kappa shape index (κ1) is 16.0. The molecular formula is C17H14F3N3O. The molecule has 2 aromatic heterocycles. The minimum atomic E-state index is -4.41. The number of benzene rings is 1. The number of carbonyl (C=O) groups excluding carboxylic acids is 1. The fraction of sp³-hybridized carbons (Fsp3) is 0.176. The van der Waals surface area contributed by atoms with Gasteiger partial charge in [-0.15, -0.1) is 0 Å². The zero-order chi connectivity index (χ0) is 17.2. The minimum Gasteiger partial charge on any atom is -0.350 e. The molecule has 0 saturated heterocycles. The Hall–Kier alpha value is -2.83. The van der Waals surface area contributed by atoms with Gasteiger partial charge in [0.25, 0.3) is 0 Å². The van der Waals surface area contributed by atoms with Crippen LogP contribution in [-0.4, -0.2) is 15.3 Å². The average molecular weight is 333 g/mol. The van der Waals surface area contributed by atoms with Crippen molar-refractivity contribution in [3.8, 4) is 0 Å². The van der Waals surface area contributed by atoms with Crippen LogP contribution >= 0.6 is 0 Å². The highest BCUT2D eigenvalue weighted by atomic mass is 19.4. The van der Waals surface area contributed by atoms with Crippen molar-refractivity contribution in [2.45, 2.75) is 19.1 Å². The van der Waals surface area contributed by atoms with Gasteiger partial charge in [0.15, 0.2) is 0 Å². The highest BCUT2D eigenvalue weighted by Gasteiger charge is 2.30. The summed E-state index contributed by atoms with van der Waals surface area (Å²) < 4.78 is 39.8. The summed E-state index contributed by atoms with van der Waals surface area (Å²) in [5.41, 5.74) is 1.00. The molecule has 0 unspecified atom stereocenters. The Labute approximate surface area is 135 Å². The monoisotopic (exact) mass is 333 g/mol. The smallest absolute Gasteiger partial charge is 0.350 e. The number of carbonyl (C=O) groups is 1. The Morgan fingerprint density at radius 3 is 2.75 bits per heavy atom. The molecule has 7 heteroatoms. The molecule has 2 heterocycles. The van der Waals surface area contributed by atoms with Crippen molar-refractivity contribution in [3.05, 3.63) is 71.7 Å². The van der Waals surface area contributed by atoms with E-state index in [1.54, 1.807) is 6.20 Å². The van der Waals surface area contributed by atoms with E-state index in [0.29, 0.717) is 11.3 Å². The molecule has 1 aromatic carbocycles. The summed E-state index contributed by atoms with van der Waals surface area (Å²) in [6.45, 7) is 0.222. The van der Waals surface area contributed by atoms with Crippen molar-refractivity contribution in [1.82, 2.24) is 14.7 Å². The van der Waals surface area contributed by atoms with Gasteiger partial charge < -0.3 is 9.72 Å². The second kappa shape index (κ2) is 6.35. The Morgan fingerprint density at radius 1 is 1.17 bits per heavy atom. The maximum Gasteiger partial charge on any atom is 0.416 e. The summed E-state index contributed by atoms with van der Waals surface area (Å²) in [5.74, 6) is -0.355. The highest BCUT2D eigenvalue weighted by molar-refractivity contribution is 5.78. The van der Waals surface area contributed by atoms with Crippen LogP contribution in [0, 0.1) is 0 Å². The van der Waals surface area contributed by atoms with E-state index < -0.39 is 11.7 Å². The first-order chi connectivity index (χ1) is 11.4. The van der Waals surface area contributed by atoms with E-state index in [-0.39, 0.29) is 18.9 Å². The first-order valence-electron chi connectivity index (χ1n) is 7.27. The number of amides is 1. The molecule has 0 fully saturated rings. The van der Waals surface area contributed by atoms with Crippen LogP contribution in [0.5, 0.6) is 0 Å². The van der Waals surface area contributed by atoms with E-state index in [0.717, 1.165) is 17.8 Å². The fourth-order valence-corrected chi connectivity index (χ4v) is 2.37. The molecule has 0 atom stereocenters. The standard InChI is InChI=1S/C17H14F3N3O/c18-17(19,20)13-5-3-4-12(8-13)9-16(24)21-10-14-11-23-7-2-1-6-15(23)22-14/h1-8,11H,9-10H2,(H,21,24). The van der Waals surface area contributed by atoms with Gasteiger partial charge >= 0.3 is 6.18 Å². The van der Waals surface area contributed by atoms with Gasteiger partial charge in [-0.2, -0.15) is 13.2 Å². The van der Waals surface area contributed by atoms with Crippen molar-refractivity contribution >= 4 is 11.6 Å². The second-order valence-corrected chi connectivity index (χ2v) is 5.35. The van der Waals surface area contributed by atoms with Crippen LogP contribution in [0.25, 0.3) is 5.65 Å². The number of imidazole rings is 1. The Bertz CT molecular complexity index is 838. The van der Waals surface area contributed by atoms with E-state index in [2.05, 4.69) is 10.3 Å². The predicted molar refractivity (Wildman–Crippen MR) is 82.2 cm³/mol. The predicted octanol–water partition coefficient (Wildman–Crippen LogP) is 3.21. The van der Waals surface area contributed by atoms with Crippen LogP contribution in [0.4, 0.5) is 13.2 Å². The Morgan fingerprint density at radius 2 is 2.00 bits per heavy atom. The van der Waals surface area contributed by atoms with Gasteiger partial charge in [-0.3, -0.25) is 4.79 Å². The van der Waals surface area contributed by atoms with Crippen LogP contribution in [0.3, 0.4) is 0 Å². The second-order valence-electron chi connectivity index (χ2n) is 5.35. The number of fused-ring (bicyclic) bond motifs is 1. The molecule has 0 aliphatic carbocycles. The fourth-order valence-electron chi connectivity index (χ4n) is 2.37. The molecule has 0 aliphatic heterocycles. The number of hydrogen-bond donors (Lipinski definition) is 1. The van der Waals surface area contributed by atoms with Crippen LogP contribution in [0.15, 0.2) is 54.9 Å². The topological polar surface area (TPSA) is 46.4 Å². The molecule has 0 aliphatic rings. The maximum atomic E-state index is 12.7. The Kier molecular flexibility index (Phi) is 4.24. The highest BCUT2D eigenvalue weighted by Crippen LogP contribution is 2.29. The number of nitrogens with zero attached hydrogens (tertiary/aromatic N) is 2. The lowest BCUT2D eigenvalue weighted by molar-refractivity contribution is -0.137. The van der Waals surface area contributed by atoms with Gasteiger partial charge in [-0.1, -0.05) is 24.3 Å². The van der Waals surface area contributed by atoms with E-state index in [4.69, 9.17) is 0 Å². The third kappa shape index (κ3) is 3.73. The first-order valence-corrected chi connectivity index (χ1v) is 7.27. The molecule has 24 heavy (non-hydrogen) atoms. The summed E-state index contributed by atoms with van der Waals surface area (Å²) in [6.07, 6.45) is -0.892. The number of nitrogens with one attached hydrogen (secondary N) is 1. The van der Waals surface area contributed by atoms with E-state index >= 15 is 0 Å². The van der Waals surface area contributed by atoms with Crippen LogP contribution in [-0.2, 0) is 23.9 Å². The van der Waals surface area contributed by atoms with Gasteiger partial charge in [-0.05, 0) is 23.8 Å². The Balaban J connectivity index is 1.61. The zero-order valence-corrected chi connectivity index (χ0v) is 12.5. The van der Waals surface area contributed by atoms with E-state index in [9.17, 15) is 18.0 Å². The molecule has 3 aromatic rings. The third-order valence-electron chi connectivity index (χ3n) is 3.50. The van der Waals surface area contributed by atoms with E-state index in [1.165, 1.54) is 12.1 Å². The number of rotatable bonds is 4. The maximum absolute atomic E-state index is 12.7. The number of aromatic nitrogens is 2. The van der Waals surface area contributed by atoms with Crippen LogP contribution < -0.4 is 5.32 Å².